The normalized spacial score (nSPS) is 17.7. The summed E-state index contributed by atoms with van der Waals surface area (Å²) in [4.78, 5) is 50.9. The first-order valence-corrected chi connectivity index (χ1v) is 11.1. The van der Waals surface area contributed by atoms with Crippen LogP contribution in [0.5, 0.6) is 5.75 Å². The fourth-order valence-corrected chi connectivity index (χ4v) is 4.54. The fraction of sp³-hybridized carbons (Fsp3) is 0.318. The van der Waals surface area contributed by atoms with Crippen molar-refractivity contribution in [1.82, 2.24) is 9.80 Å². The minimum Gasteiger partial charge on any atom is -0.496 e. The van der Waals surface area contributed by atoms with E-state index in [1.807, 2.05) is 0 Å². The average Bonchev–Trinajstić information content (AvgIpc) is 3.39. The number of ether oxygens (including phenoxy) is 1. The van der Waals surface area contributed by atoms with Crippen LogP contribution in [0.4, 0.5) is 10.5 Å². The summed E-state index contributed by atoms with van der Waals surface area (Å²) >= 11 is 0.738. The molecule has 1 aromatic heterocycles. The average molecular weight is 471 g/mol. The van der Waals surface area contributed by atoms with E-state index in [1.165, 1.54) is 31.4 Å². The van der Waals surface area contributed by atoms with E-state index >= 15 is 0 Å². The van der Waals surface area contributed by atoms with Crippen molar-refractivity contribution in [3.8, 4) is 17.1 Å². The van der Waals surface area contributed by atoms with Crippen molar-refractivity contribution in [3.05, 3.63) is 51.1 Å². The first-order chi connectivity index (χ1) is 15.9. The van der Waals surface area contributed by atoms with E-state index in [0.29, 0.717) is 30.2 Å². The Morgan fingerprint density at radius 3 is 2.67 bits per heavy atom. The summed E-state index contributed by atoms with van der Waals surface area (Å²) in [6.07, 6.45) is 4.33. The quantitative estimate of drug-likeness (QED) is 0.353. The van der Waals surface area contributed by atoms with Gasteiger partial charge in [0, 0.05) is 31.3 Å². The van der Waals surface area contributed by atoms with Crippen LogP contribution in [0.3, 0.4) is 0 Å². The number of piperidine rings is 1. The third-order valence-corrected chi connectivity index (χ3v) is 6.34. The van der Waals surface area contributed by atoms with E-state index in [9.17, 15) is 24.5 Å². The molecule has 0 N–H and O–H groups in total. The van der Waals surface area contributed by atoms with Gasteiger partial charge in [-0.05, 0) is 49.2 Å². The minimum atomic E-state index is -0.554. The Hall–Kier alpha value is -3.60. The molecular weight excluding hydrogens is 450 g/mol. The summed E-state index contributed by atoms with van der Waals surface area (Å²) in [5.74, 6) is 0.184. The summed E-state index contributed by atoms with van der Waals surface area (Å²) < 4.78 is 11.0. The fourth-order valence-electron chi connectivity index (χ4n) is 3.72. The van der Waals surface area contributed by atoms with Gasteiger partial charge in [0.25, 0.3) is 16.8 Å². The van der Waals surface area contributed by atoms with Gasteiger partial charge in [0.2, 0.25) is 5.91 Å². The Bertz CT molecular complexity index is 1150. The number of nitro groups is 1. The Kier molecular flexibility index (Phi) is 6.50. The molecule has 0 atom stereocenters. The van der Waals surface area contributed by atoms with Crippen molar-refractivity contribution in [2.75, 3.05) is 26.7 Å². The second kappa shape index (κ2) is 9.49. The van der Waals surface area contributed by atoms with Crippen LogP contribution in [0.1, 0.15) is 25.0 Å². The van der Waals surface area contributed by atoms with E-state index in [-0.39, 0.29) is 28.8 Å². The molecule has 0 bridgehead atoms. The molecule has 4 rings (SSSR count). The molecule has 0 unspecified atom stereocenters. The molecule has 1 aromatic carbocycles. The van der Waals surface area contributed by atoms with Gasteiger partial charge in [0.05, 0.1) is 22.5 Å². The van der Waals surface area contributed by atoms with Crippen molar-refractivity contribution in [3.63, 3.8) is 0 Å². The molecule has 2 aliphatic heterocycles. The molecule has 2 saturated heterocycles. The molecule has 3 amide bonds. The molecule has 0 saturated carbocycles. The molecular formula is C22H21N3O7S. The van der Waals surface area contributed by atoms with Crippen LogP contribution in [-0.2, 0) is 9.59 Å². The number of non-ortho nitro benzene ring substituents is 1. The van der Waals surface area contributed by atoms with E-state index in [4.69, 9.17) is 9.15 Å². The lowest BCUT2D eigenvalue weighted by Crippen LogP contribution is -2.44. The largest absolute Gasteiger partial charge is 0.496 e. The molecule has 2 fully saturated rings. The highest BCUT2D eigenvalue weighted by atomic mass is 32.2. The number of methoxy groups -OCH3 is 1. The maximum Gasteiger partial charge on any atom is 0.294 e. The van der Waals surface area contributed by atoms with E-state index < -0.39 is 16.1 Å². The number of likely N-dealkylation sites (tertiary alicyclic amines) is 1. The Morgan fingerprint density at radius 1 is 1.21 bits per heavy atom. The number of carbonyl (C=O) groups excluding carboxylic acids is 3. The number of hydrogen-bond donors (Lipinski definition) is 0. The third-order valence-electron chi connectivity index (χ3n) is 5.44. The van der Waals surface area contributed by atoms with Gasteiger partial charge in [-0.15, -0.1) is 0 Å². The Morgan fingerprint density at radius 2 is 1.97 bits per heavy atom. The summed E-state index contributed by atoms with van der Waals surface area (Å²) in [6, 6.07) is 7.31. The van der Waals surface area contributed by atoms with E-state index in [2.05, 4.69) is 0 Å². The van der Waals surface area contributed by atoms with Gasteiger partial charge in [0.15, 0.2) is 0 Å². The van der Waals surface area contributed by atoms with Crippen LogP contribution in [-0.4, -0.2) is 58.5 Å². The predicted octanol–water partition coefficient (Wildman–Crippen LogP) is 3.91. The highest BCUT2D eigenvalue weighted by molar-refractivity contribution is 8.18. The van der Waals surface area contributed by atoms with Crippen molar-refractivity contribution < 1.29 is 28.5 Å². The second-order valence-electron chi connectivity index (χ2n) is 7.55. The molecule has 0 radical (unpaired) electrons. The van der Waals surface area contributed by atoms with Crippen molar-refractivity contribution in [2.45, 2.75) is 19.3 Å². The van der Waals surface area contributed by atoms with Crippen molar-refractivity contribution in [2.24, 2.45) is 0 Å². The van der Waals surface area contributed by atoms with Gasteiger partial charge < -0.3 is 14.1 Å². The van der Waals surface area contributed by atoms with Crippen LogP contribution < -0.4 is 4.74 Å². The molecule has 2 aliphatic rings. The molecule has 33 heavy (non-hydrogen) atoms. The van der Waals surface area contributed by atoms with Gasteiger partial charge in [-0.25, -0.2) is 0 Å². The number of thioether (sulfide) groups is 1. The third kappa shape index (κ3) is 4.77. The number of rotatable bonds is 6. The highest BCUT2D eigenvalue weighted by Crippen LogP contribution is 2.36. The summed E-state index contributed by atoms with van der Waals surface area (Å²) in [7, 11) is 1.44. The van der Waals surface area contributed by atoms with Gasteiger partial charge in [-0.1, -0.05) is 0 Å². The summed E-state index contributed by atoms with van der Waals surface area (Å²) in [6.45, 7) is 0.999. The molecule has 0 aliphatic carbocycles. The minimum absolute atomic E-state index is 0.122. The first kappa shape index (κ1) is 22.6. The second-order valence-corrected chi connectivity index (χ2v) is 8.55. The molecule has 2 aromatic rings. The van der Waals surface area contributed by atoms with Crippen LogP contribution in [0, 0.1) is 10.1 Å². The van der Waals surface area contributed by atoms with Crippen molar-refractivity contribution in [1.29, 1.82) is 0 Å². The number of imide groups is 1. The monoisotopic (exact) mass is 471 g/mol. The Balaban J connectivity index is 1.52. The molecule has 172 valence electrons. The van der Waals surface area contributed by atoms with Crippen molar-refractivity contribution >= 4 is 40.6 Å². The Labute approximate surface area is 193 Å². The van der Waals surface area contributed by atoms with Crippen LogP contribution >= 0.6 is 11.8 Å². The first-order valence-electron chi connectivity index (χ1n) is 10.3. The lowest BCUT2D eigenvalue weighted by Gasteiger charge is -2.27. The van der Waals surface area contributed by atoms with Crippen LogP contribution in [0.2, 0.25) is 0 Å². The van der Waals surface area contributed by atoms with Gasteiger partial charge in [-0.2, -0.15) is 0 Å². The standard InChI is InChI=1S/C22H21N3O7S/c1-31-17-7-5-14(25(29)30)11-16(17)18-8-6-15(32-18)12-19-21(27)24(22(28)33-19)13-20(26)23-9-3-2-4-10-23/h5-8,11-12H,2-4,9-10,13H2,1H3. The van der Waals surface area contributed by atoms with Gasteiger partial charge >= 0.3 is 0 Å². The molecule has 0 spiro atoms. The predicted molar refractivity (Wildman–Crippen MR) is 120 cm³/mol. The zero-order valence-corrected chi connectivity index (χ0v) is 18.6. The molecule has 11 heteroatoms. The number of carbonyl (C=O) groups is 3. The van der Waals surface area contributed by atoms with Crippen LogP contribution in [0.15, 0.2) is 39.7 Å². The maximum atomic E-state index is 12.7. The SMILES string of the molecule is COc1ccc([N+](=O)[O-])cc1-c1ccc(C=C2SC(=O)N(CC(=O)N3CCCCC3)C2=O)o1. The van der Waals surface area contributed by atoms with Crippen LogP contribution in [0.25, 0.3) is 17.4 Å². The highest BCUT2D eigenvalue weighted by Gasteiger charge is 2.37. The number of nitro benzene ring substituents is 1. The topological polar surface area (TPSA) is 123 Å². The number of hydrogen-bond acceptors (Lipinski definition) is 8. The molecule has 10 nitrogen and oxygen atoms in total. The number of nitrogens with zero attached hydrogens (tertiary/aromatic N) is 3. The smallest absolute Gasteiger partial charge is 0.294 e. The zero-order chi connectivity index (χ0) is 23.5. The maximum absolute atomic E-state index is 12.7. The van der Waals surface area contributed by atoms with E-state index in [0.717, 1.165) is 35.9 Å². The van der Waals surface area contributed by atoms with E-state index in [1.54, 1.807) is 17.0 Å². The number of amides is 3. The number of furan rings is 1. The summed E-state index contributed by atoms with van der Waals surface area (Å²) in [5.41, 5.74) is 0.259. The lowest BCUT2D eigenvalue weighted by atomic mass is 10.1. The zero-order valence-electron chi connectivity index (χ0n) is 17.8. The van der Waals surface area contributed by atoms with Gasteiger partial charge in [-0.3, -0.25) is 29.4 Å². The summed E-state index contributed by atoms with van der Waals surface area (Å²) in [5, 5.41) is 10.6. The number of benzene rings is 1. The van der Waals surface area contributed by atoms with Gasteiger partial charge in [0.1, 0.15) is 23.8 Å². The molecule has 3 heterocycles. The lowest BCUT2D eigenvalue weighted by molar-refractivity contribution is -0.384.